The molecule has 0 fully saturated rings. The number of carbonyl (C=O) groups excluding carboxylic acids is 1. The van der Waals surface area contributed by atoms with Crippen molar-refractivity contribution in [3.63, 3.8) is 0 Å². The summed E-state index contributed by atoms with van der Waals surface area (Å²) in [6, 6.07) is 14.9. The van der Waals surface area contributed by atoms with Gasteiger partial charge >= 0.3 is 0 Å². The van der Waals surface area contributed by atoms with Crippen molar-refractivity contribution in [1.29, 1.82) is 0 Å². The number of carbonyl (C=O) groups is 1. The van der Waals surface area contributed by atoms with Crippen LogP contribution in [0.25, 0.3) is 12.2 Å². The molecule has 0 aliphatic rings. The van der Waals surface area contributed by atoms with Crippen molar-refractivity contribution < 1.29 is 9.53 Å². The van der Waals surface area contributed by atoms with E-state index in [1.165, 1.54) is 22.0 Å². The van der Waals surface area contributed by atoms with Crippen LogP contribution >= 0.6 is 11.3 Å². The van der Waals surface area contributed by atoms with Crippen LogP contribution in [0.15, 0.2) is 53.3 Å². The van der Waals surface area contributed by atoms with E-state index in [4.69, 9.17) is 4.74 Å². The van der Waals surface area contributed by atoms with Crippen molar-refractivity contribution in [3.8, 4) is 5.75 Å². The van der Waals surface area contributed by atoms with Gasteiger partial charge in [0.05, 0.1) is 11.6 Å². The van der Waals surface area contributed by atoms with Gasteiger partial charge < -0.3 is 9.30 Å². The number of rotatable bonds is 4. The molecule has 26 heavy (non-hydrogen) atoms. The van der Waals surface area contributed by atoms with E-state index in [0.717, 1.165) is 16.9 Å². The number of hydrogen-bond donors (Lipinski definition) is 0. The van der Waals surface area contributed by atoms with E-state index in [1.807, 2.05) is 55.5 Å². The Labute approximate surface area is 155 Å². The van der Waals surface area contributed by atoms with E-state index in [1.54, 1.807) is 20.2 Å². The van der Waals surface area contributed by atoms with Crippen LogP contribution in [0, 0.1) is 6.92 Å². The van der Waals surface area contributed by atoms with Crippen molar-refractivity contribution in [2.45, 2.75) is 6.92 Å². The molecule has 3 aromatic rings. The number of thiazole rings is 1. The van der Waals surface area contributed by atoms with Gasteiger partial charge in [-0.05, 0) is 36.3 Å². The molecule has 0 unspecified atom stereocenters. The Balaban J connectivity index is 2.07. The lowest BCUT2D eigenvalue weighted by molar-refractivity contribution is 0.106. The Kier molecular flexibility index (Phi) is 5.19. The lowest BCUT2D eigenvalue weighted by atomic mass is 10.1. The van der Waals surface area contributed by atoms with Crippen LogP contribution in [-0.4, -0.2) is 17.5 Å². The van der Waals surface area contributed by atoms with Crippen molar-refractivity contribution in [3.05, 3.63) is 84.8 Å². The summed E-state index contributed by atoms with van der Waals surface area (Å²) in [5.74, 6) is 0.626. The summed E-state index contributed by atoms with van der Waals surface area (Å²) in [6.45, 7) is 1.90. The molecule has 0 atom stereocenters. The van der Waals surface area contributed by atoms with Crippen LogP contribution < -0.4 is 19.5 Å². The Morgan fingerprint density at radius 2 is 1.92 bits per heavy atom. The summed E-state index contributed by atoms with van der Waals surface area (Å²) in [5.41, 5.74) is 2.31. The van der Waals surface area contributed by atoms with Crippen LogP contribution in [-0.2, 0) is 7.05 Å². The fourth-order valence-electron chi connectivity index (χ4n) is 2.63. The van der Waals surface area contributed by atoms with Gasteiger partial charge in [0.2, 0.25) is 0 Å². The van der Waals surface area contributed by atoms with Gasteiger partial charge in [0.1, 0.15) is 10.4 Å². The van der Waals surface area contributed by atoms with E-state index in [9.17, 15) is 9.59 Å². The highest BCUT2D eigenvalue weighted by Gasteiger charge is 2.07. The zero-order valence-corrected chi connectivity index (χ0v) is 15.7. The van der Waals surface area contributed by atoms with Gasteiger partial charge in [0.25, 0.3) is 5.56 Å². The fourth-order valence-corrected chi connectivity index (χ4v) is 3.66. The molecule has 0 amide bonds. The summed E-state index contributed by atoms with van der Waals surface area (Å²) in [4.78, 5) is 25.1. The average molecular weight is 365 g/mol. The predicted molar refractivity (Wildman–Crippen MR) is 105 cm³/mol. The molecule has 2 aromatic carbocycles. The SMILES string of the molecule is COc1cccc(/C=c2\s/c(=C\C(=O)c3ccccc3C)n(C)c2=O)c1. The first-order valence-electron chi connectivity index (χ1n) is 8.13. The lowest BCUT2D eigenvalue weighted by Crippen LogP contribution is -2.29. The highest BCUT2D eigenvalue weighted by molar-refractivity contribution is 7.07. The maximum Gasteiger partial charge on any atom is 0.268 e. The second-order valence-electron chi connectivity index (χ2n) is 5.91. The summed E-state index contributed by atoms with van der Waals surface area (Å²) in [5, 5.41) is 0. The van der Waals surface area contributed by atoms with Crippen LogP contribution in [0.5, 0.6) is 5.75 Å². The van der Waals surface area contributed by atoms with Crippen LogP contribution in [0.4, 0.5) is 0 Å². The molecular weight excluding hydrogens is 346 g/mol. The minimum atomic E-state index is -0.123. The van der Waals surface area contributed by atoms with E-state index in [-0.39, 0.29) is 11.3 Å². The van der Waals surface area contributed by atoms with E-state index in [0.29, 0.717) is 14.8 Å². The van der Waals surface area contributed by atoms with Crippen LogP contribution in [0.2, 0.25) is 0 Å². The van der Waals surface area contributed by atoms with Crippen molar-refractivity contribution in [1.82, 2.24) is 4.57 Å². The smallest absolute Gasteiger partial charge is 0.268 e. The molecule has 4 nitrogen and oxygen atoms in total. The molecule has 0 saturated heterocycles. The van der Waals surface area contributed by atoms with Gasteiger partial charge in [-0.15, -0.1) is 11.3 Å². The molecule has 0 N–H and O–H groups in total. The number of methoxy groups -OCH3 is 1. The van der Waals surface area contributed by atoms with Crippen molar-refractivity contribution in [2.24, 2.45) is 7.05 Å². The van der Waals surface area contributed by atoms with Gasteiger partial charge in [0.15, 0.2) is 5.78 Å². The molecule has 0 spiro atoms. The third kappa shape index (κ3) is 3.68. The molecule has 0 bridgehead atoms. The third-order valence-corrected chi connectivity index (χ3v) is 5.23. The molecular formula is C21H19NO3S. The quantitative estimate of drug-likeness (QED) is 0.667. The Morgan fingerprint density at radius 3 is 2.65 bits per heavy atom. The van der Waals surface area contributed by atoms with Gasteiger partial charge in [-0.2, -0.15) is 0 Å². The highest BCUT2D eigenvalue weighted by atomic mass is 32.1. The predicted octanol–water partition coefficient (Wildman–Crippen LogP) is 2.26. The maximum atomic E-state index is 12.6. The highest BCUT2D eigenvalue weighted by Crippen LogP contribution is 2.12. The fraction of sp³-hybridized carbons (Fsp3) is 0.143. The second-order valence-corrected chi connectivity index (χ2v) is 6.98. The molecule has 0 aliphatic carbocycles. The van der Waals surface area contributed by atoms with Crippen molar-refractivity contribution in [2.75, 3.05) is 7.11 Å². The summed E-state index contributed by atoms with van der Waals surface area (Å²) in [7, 11) is 3.28. The van der Waals surface area contributed by atoms with E-state index < -0.39 is 0 Å². The first kappa shape index (κ1) is 17.9. The molecule has 0 radical (unpaired) electrons. The average Bonchev–Trinajstić information content (AvgIpc) is 2.90. The standard InChI is InChI=1S/C21H19NO3S/c1-14-7-4-5-10-17(14)18(23)13-20-22(2)21(24)19(26-20)12-15-8-6-9-16(11-15)25-3/h4-13H,1-3H3/b19-12-,20-13-. The van der Waals surface area contributed by atoms with Gasteiger partial charge in [0, 0.05) is 18.7 Å². The summed E-state index contributed by atoms with van der Waals surface area (Å²) >= 11 is 1.30. The Morgan fingerprint density at radius 1 is 1.15 bits per heavy atom. The largest absolute Gasteiger partial charge is 0.497 e. The number of hydrogen-bond acceptors (Lipinski definition) is 4. The second kappa shape index (κ2) is 7.54. The van der Waals surface area contributed by atoms with Gasteiger partial charge in [-0.3, -0.25) is 9.59 Å². The lowest BCUT2D eigenvalue weighted by Gasteiger charge is -1.99. The number of aryl methyl sites for hydroxylation is 1. The minimum absolute atomic E-state index is 0.104. The molecule has 5 heteroatoms. The number of ether oxygens (including phenoxy) is 1. The van der Waals surface area contributed by atoms with Crippen molar-refractivity contribution >= 4 is 29.3 Å². The molecule has 0 aliphatic heterocycles. The molecule has 1 heterocycles. The van der Waals surface area contributed by atoms with Gasteiger partial charge in [-0.25, -0.2) is 0 Å². The number of benzene rings is 2. The van der Waals surface area contributed by atoms with Gasteiger partial charge in [-0.1, -0.05) is 36.4 Å². The Hall–Kier alpha value is -2.92. The monoisotopic (exact) mass is 365 g/mol. The molecule has 1 aromatic heterocycles. The zero-order chi connectivity index (χ0) is 18.7. The molecule has 132 valence electrons. The number of ketones is 1. The topological polar surface area (TPSA) is 48.3 Å². The van der Waals surface area contributed by atoms with E-state index in [2.05, 4.69) is 0 Å². The minimum Gasteiger partial charge on any atom is -0.497 e. The summed E-state index contributed by atoms with van der Waals surface area (Å²) < 4.78 is 7.92. The van der Waals surface area contributed by atoms with Crippen LogP contribution in [0.3, 0.4) is 0 Å². The number of nitrogens with zero attached hydrogens (tertiary/aromatic N) is 1. The Bertz CT molecular complexity index is 1140. The van der Waals surface area contributed by atoms with Crippen LogP contribution in [0.1, 0.15) is 21.5 Å². The maximum absolute atomic E-state index is 12.6. The molecule has 0 saturated carbocycles. The van der Waals surface area contributed by atoms with E-state index >= 15 is 0 Å². The molecule has 3 rings (SSSR count). The number of Topliss-reactive ketones (excluding diaryl/α,β-unsaturated/α-hetero) is 1. The zero-order valence-electron chi connectivity index (χ0n) is 14.9. The normalized spacial score (nSPS) is 12.4. The third-order valence-electron chi connectivity index (χ3n) is 4.12. The first-order chi connectivity index (χ1) is 12.5. The number of aromatic nitrogens is 1. The first-order valence-corrected chi connectivity index (χ1v) is 8.94. The summed E-state index contributed by atoms with van der Waals surface area (Å²) in [6.07, 6.45) is 3.34.